The maximum Gasteiger partial charge on any atom is 0.419 e. The SMILES string of the molecule is CS(=O)(=O)Oc1cccc(Oc2nc(Cl)c(C(F)(F)F)cc2Cl)c1. The highest BCUT2D eigenvalue weighted by molar-refractivity contribution is 7.86. The molecule has 0 bridgehead atoms. The molecule has 0 spiro atoms. The van der Waals surface area contributed by atoms with E-state index >= 15 is 0 Å². The van der Waals surface area contributed by atoms with Crippen molar-refractivity contribution >= 4 is 33.3 Å². The van der Waals surface area contributed by atoms with E-state index in [2.05, 4.69) is 9.17 Å². The summed E-state index contributed by atoms with van der Waals surface area (Å²) in [4.78, 5) is 3.47. The predicted octanol–water partition coefficient (Wildman–Crippen LogP) is 4.54. The van der Waals surface area contributed by atoms with Gasteiger partial charge in [-0.1, -0.05) is 29.3 Å². The van der Waals surface area contributed by atoms with E-state index in [1.807, 2.05) is 0 Å². The lowest BCUT2D eigenvalue weighted by molar-refractivity contribution is -0.137. The molecule has 2 aromatic rings. The first-order chi connectivity index (χ1) is 11.0. The van der Waals surface area contributed by atoms with Gasteiger partial charge >= 0.3 is 16.3 Å². The smallest absolute Gasteiger partial charge is 0.419 e. The molecule has 0 saturated heterocycles. The molecule has 0 amide bonds. The molecular formula is C13H8Cl2F3NO4S. The Morgan fingerprint density at radius 3 is 2.33 bits per heavy atom. The summed E-state index contributed by atoms with van der Waals surface area (Å²) >= 11 is 11.2. The van der Waals surface area contributed by atoms with E-state index in [1.165, 1.54) is 24.3 Å². The first-order valence-electron chi connectivity index (χ1n) is 6.06. The van der Waals surface area contributed by atoms with Gasteiger partial charge in [0, 0.05) is 6.07 Å². The monoisotopic (exact) mass is 401 g/mol. The summed E-state index contributed by atoms with van der Waals surface area (Å²) < 4.78 is 70.2. The van der Waals surface area contributed by atoms with Crippen molar-refractivity contribution in [1.29, 1.82) is 0 Å². The largest absolute Gasteiger partial charge is 0.437 e. The molecule has 11 heteroatoms. The third-order valence-corrected chi connectivity index (χ3v) is 3.52. The van der Waals surface area contributed by atoms with Crippen LogP contribution in [0.15, 0.2) is 30.3 Å². The van der Waals surface area contributed by atoms with E-state index in [0.717, 1.165) is 6.26 Å². The van der Waals surface area contributed by atoms with Crippen molar-refractivity contribution in [2.75, 3.05) is 6.26 Å². The molecule has 0 N–H and O–H groups in total. The number of hydrogen-bond donors (Lipinski definition) is 0. The molecular weight excluding hydrogens is 394 g/mol. The van der Waals surface area contributed by atoms with E-state index in [9.17, 15) is 21.6 Å². The van der Waals surface area contributed by atoms with E-state index in [1.54, 1.807) is 0 Å². The van der Waals surface area contributed by atoms with Crippen molar-refractivity contribution in [3.05, 3.63) is 46.1 Å². The number of hydrogen-bond acceptors (Lipinski definition) is 5. The van der Waals surface area contributed by atoms with Gasteiger partial charge in [0.2, 0.25) is 5.88 Å². The van der Waals surface area contributed by atoms with Crippen molar-refractivity contribution in [1.82, 2.24) is 4.98 Å². The first kappa shape index (κ1) is 18.6. The number of nitrogens with zero attached hydrogens (tertiary/aromatic N) is 1. The zero-order valence-corrected chi connectivity index (χ0v) is 14.1. The second kappa shape index (κ2) is 6.66. The molecule has 24 heavy (non-hydrogen) atoms. The van der Waals surface area contributed by atoms with Crippen molar-refractivity contribution in [3.8, 4) is 17.4 Å². The van der Waals surface area contributed by atoms with Crippen LogP contribution in [0.1, 0.15) is 5.56 Å². The molecule has 0 aliphatic heterocycles. The standard InChI is InChI=1S/C13H8Cl2F3NO4S/c1-24(20,21)23-8-4-2-3-7(5-8)22-12-10(14)6-9(11(15)19-12)13(16,17)18/h2-6H,1H3. The molecule has 0 aliphatic rings. The lowest BCUT2D eigenvalue weighted by Crippen LogP contribution is -2.07. The van der Waals surface area contributed by atoms with Gasteiger partial charge in [-0.25, -0.2) is 0 Å². The van der Waals surface area contributed by atoms with Crippen LogP contribution in [0, 0.1) is 0 Å². The molecule has 0 unspecified atom stereocenters. The van der Waals surface area contributed by atoms with Crippen LogP contribution in [0.2, 0.25) is 10.2 Å². The minimum Gasteiger partial charge on any atom is -0.437 e. The molecule has 1 aromatic carbocycles. The predicted molar refractivity (Wildman–Crippen MR) is 81.2 cm³/mol. The fourth-order valence-corrected chi connectivity index (χ4v) is 2.48. The Morgan fingerprint density at radius 1 is 1.12 bits per heavy atom. The Balaban J connectivity index is 2.32. The van der Waals surface area contributed by atoms with Gasteiger partial charge < -0.3 is 8.92 Å². The summed E-state index contributed by atoms with van der Waals surface area (Å²) in [6.45, 7) is 0. The van der Waals surface area contributed by atoms with Crippen LogP contribution in [-0.4, -0.2) is 19.7 Å². The number of ether oxygens (including phenoxy) is 1. The van der Waals surface area contributed by atoms with Crippen molar-refractivity contribution < 1.29 is 30.5 Å². The van der Waals surface area contributed by atoms with E-state index in [0.29, 0.717) is 6.07 Å². The molecule has 2 rings (SSSR count). The number of alkyl halides is 3. The quantitative estimate of drug-likeness (QED) is 0.555. The lowest BCUT2D eigenvalue weighted by atomic mass is 10.3. The van der Waals surface area contributed by atoms with Crippen LogP contribution >= 0.6 is 23.2 Å². The summed E-state index contributed by atoms with van der Waals surface area (Å²) in [5.41, 5.74) is -1.20. The van der Waals surface area contributed by atoms with Crippen LogP contribution in [0.25, 0.3) is 0 Å². The average molecular weight is 402 g/mol. The summed E-state index contributed by atoms with van der Waals surface area (Å²) in [5.74, 6) is -0.378. The Kier molecular flexibility index (Phi) is 5.17. The second-order valence-corrected chi connectivity index (χ2v) is 6.82. The molecule has 1 aromatic heterocycles. The maximum absolute atomic E-state index is 12.7. The number of rotatable bonds is 4. The van der Waals surface area contributed by atoms with E-state index < -0.39 is 32.0 Å². The van der Waals surface area contributed by atoms with Gasteiger partial charge in [0.1, 0.15) is 21.7 Å². The number of pyridine rings is 1. The fourth-order valence-electron chi connectivity index (χ4n) is 1.60. The van der Waals surface area contributed by atoms with Crippen LogP contribution in [-0.2, 0) is 16.3 Å². The highest BCUT2D eigenvalue weighted by Crippen LogP contribution is 2.39. The minimum absolute atomic E-state index is 0.0429. The summed E-state index contributed by atoms with van der Waals surface area (Å²) in [7, 11) is -3.75. The zero-order valence-electron chi connectivity index (χ0n) is 11.8. The molecule has 0 radical (unpaired) electrons. The molecule has 5 nitrogen and oxygen atoms in total. The molecule has 0 atom stereocenters. The molecule has 0 fully saturated rings. The molecule has 0 saturated carbocycles. The summed E-state index contributed by atoms with van der Waals surface area (Å²) in [5, 5.41) is -1.24. The van der Waals surface area contributed by atoms with Crippen molar-refractivity contribution in [2.24, 2.45) is 0 Å². The Bertz CT molecular complexity index is 872. The van der Waals surface area contributed by atoms with Crippen molar-refractivity contribution in [2.45, 2.75) is 6.18 Å². The molecule has 130 valence electrons. The van der Waals surface area contributed by atoms with Crippen molar-refractivity contribution in [3.63, 3.8) is 0 Å². The average Bonchev–Trinajstić information content (AvgIpc) is 2.39. The van der Waals surface area contributed by atoms with Crippen LogP contribution < -0.4 is 8.92 Å². The fraction of sp³-hybridized carbons (Fsp3) is 0.154. The highest BCUT2D eigenvalue weighted by atomic mass is 35.5. The Hall–Kier alpha value is -1.71. The lowest BCUT2D eigenvalue weighted by Gasteiger charge is -2.12. The Labute approximate surface area is 145 Å². The second-order valence-electron chi connectivity index (χ2n) is 4.48. The molecule has 1 heterocycles. The van der Waals surface area contributed by atoms with Gasteiger partial charge in [0.25, 0.3) is 0 Å². The number of halogens is 5. The third kappa shape index (κ3) is 4.89. The third-order valence-electron chi connectivity index (χ3n) is 2.47. The van der Waals surface area contributed by atoms with E-state index in [4.69, 9.17) is 27.9 Å². The summed E-state index contributed by atoms with van der Waals surface area (Å²) in [6, 6.07) is 5.95. The number of benzene rings is 1. The number of aromatic nitrogens is 1. The zero-order chi connectivity index (χ0) is 18.1. The first-order valence-corrected chi connectivity index (χ1v) is 8.63. The van der Waals surface area contributed by atoms with Gasteiger partial charge in [-0.2, -0.15) is 26.6 Å². The van der Waals surface area contributed by atoms with Gasteiger partial charge in [0.05, 0.1) is 11.8 Å². The minimum atomic E-state index is -4.71. The van der Waals surface area contributed by atoms with Crippen LogP contribution in [0.4, 0.5) is 13.2 Å². The maximum atomic E-state index is 12.7. The van der Waals surface area contributed by atoms with Gasteiger partial charge in [0.15, 0.2) is 0 Å². The van der Waals surface area contributed by atoms with Gasteiger partial charge in [-0.3, -0.25) is 0 Å². The summed E-state index contributed by atoms with van der Waals surface area (Å²) in [6.07, 6.45) is -3.86. The normalized spacial score (nSPS) is 12.1. The topological polar surface area (TPSA) is 65.5 Å². The van der Waals surface area contributed by atoms with Gasteiger partial charge in [-0.05, 0) is 18.2 Å². The van der Waals surface area contributed by atoms with Crippen LogP contribution in [0.5, 0.6) is 17.4 Å². The van der Waals surface area contributed by atoms with E-state index in [-0.39, 0.29) is 17.4 Å². The Morgan fingerprint density at radius 2 is 1.75 bits per heavy atom. The molecule has 0 aliphatic carbocycles. The van der Waals surface area contributed by atoms with Gasteiger partial charge in [-0.15, -0.1) is 0 Å². The highest BCUT2D eigenvalue weighted by Gasteiger charge is 2.35. The van der Waals surface area contributed by atoms with Crippen LogP contribution in [0.3, 0.4) is 0 Å².